The molecule has 2 aromatic heterocycles. The van der Waals surface area contributed by atoms with Crippen LogP contribution in [0.5, 0.6) is 0 Å². The molecule has 0 spiro atoms. The third-order valence-electron chi connectivity index (χ3n) is 4.19. The third kappa shape index (κ3) is 4.95. The Bertz CT molecular complexity index is 888. The van der Waals surface area contributed by atoms with Gasteiger partial charge in [-0.15, -0.1) is 10.2 Å². The van der Waals surface area contributed by atoms with Crippen molar-refractivity contribution in [3.8, 4) is 11.6 Å². The van der Waals surface area contributed by atoms with E-state index in [-0.39, 0.29) is 11.7 Å². The number of carbonyl (C=O) groups excluding carboxylic acids is 1. The second-order valence-electron chi connectivity index (χ2n) is 6.57. The number of furan rings is 1. The van der Waals surface area contributed by atoms with Crippen molar-refractivity contribution in [2.75, 3.05) is 30.1 Å². The Kier molecular flexibility index (Phi) is 6.76. The minimum atomic E-state index is -0.0767. The average molecular weight is 400 g/mol. The van der Waals surface area contributed by atoms with Crippen molar-refractivity contribution in [2.24, 2.45) is 0 Å². The van der Waals surface area contributed by atoms with Gasteiger partial charge in [0.15, 0.2) is 16.7 Å². The monoisotopic (exact) mass is 399 g/mol. The number of benzene rings is 1. The lowest BCUT2D eigenvalue weighted by Gasteiger charge is -2.13. The van der Waals surface area contributed by atoms with Crippen LogP contribution in [0.15, 0.2) is 52.2 Å². The Morgan fingerprint density at radius 3 is 2.64 bits per heavy atom. The molecule has 0 aliphatic rings. The topological polar surface area (TPSA) is 76.2 Å². The largest absolute Gasteiger partial charge is 0.461 e. The van der Waals surface area contributed by atoms with Gasteiger partial charge in [0.05, 0.1) is 12.0 Å². The highest BCUT2D eigenvalue weighted by molar-refractivity contribution is 7.99. The number of unbranched alkanes of at least 4 members (excludes halogenated alkanes) is 1. The van der Waals surface area contributed by atoms with Crippen molar-refractivity contribution >= 4 is 29.0 Å². The number of aromatic nitrogens is 3. The van der Waals surface area contributed by atoms with Gasteiger partial charge in [-0.3, -0.25) is 9.36 Å². The standard InChI is InChI=1S/C20H25N5O2S/c1-4-5-12-25-19(17-7-6-13-27-17)22-23-20(25)28-14-18(26)21-15-8-10-16(11-9-15)24(2)3/h6-11,13H,4-5,12,14H2,1-3H3,(H,21,26). The van der Waals surface area contributed by atoms with Crippen LogP contribution >= 0.6 is 11.8 Å². The molecule has 0 unspecified atom stereocenters. The van der Waals surface area contributed by atoms with Gasteiger partial charge >= 0.3 is 0 Å². The Labute approximate surface area is 169 Å². The number of nitrogens with zero attached hydrogens (tertiary/aromatic N) is 4. The minimum Gasteiger partial charge on any atom is -0.461 e. The van der Waals surface area contributed by atoms with Gasteiger partial charge in [0.2, 0.25) is 5.91 Å². The molecule has 1 N–H and O–H groups in total. The maximum atomic E-state index is 12.3. The molecule has 0 radical (unpaired) electrons. The Morgan fingerprint density at radius 2 is 2.00 bits per heavy atom. The third-order valence-corrected chi connectivity index (χ3v) is 5.16. The van der Waals surface area contributed by atoms with Crippen molar-refractivity contribution in [3.63, 3.8) is 0 Å². The van der Waals surface area contributed by atoms with Gasteiger partial charge in [-0.2, -0.15) is 0 Å². The van der Waals surface area contributed by atoms with Gasteiger partial charge in [0.25, 0.3) is 0 Å². The lowest BCUT2D eigenvalue weighted by molar-refractivity contribution is -0.113. The van der Waals surface area contributed by atoms with Gasteiger partial charge < -0.3 is 14.6 Å². The maximum Gasteiger partial charge on any atom is 0.234 e. The zero-order valence-electron chi connectivity index (χ0n) is 16.4. The van der Waals surface area contributed by atoms with Crippen LogP contribution in [0.25, 0.3) is 11.6 Å². The predicted octanol–water partition coefficient (Wildman–Crippen LogP) is 4.14. The number of carbonyl (C=O) groups is 1. The molecule has 8 heteroatoms. The Balaban J connectivity index is 1.64. The minimum absolute atomic E-state index is 0.0767. The fourth-order valence-electron chi connectivity index (χ4n) is 2.67. The van der Waals surface area contributed by atoms with Gasteiger partial charge in [-0.25, -0.2) is 0 Å². The molecular formula is C20H25N5O2S. The van der Waals surface area contributed by atoms with Gasteiger partial charge in [0, 0.05) is 32.0 Å². The van der Waals surface area contributed by atoms with Gasteiger partial charge in [-0.05, 0) is 42.8 Å². The Hall–Kier alpha value is -2.74. The first-order valence-corrected chi connectivity index (χ1v) is 10.2. The second kappa shape index (κ2) is 9.45. The molecule has 0 aliphatic carbocycles. The van der Waals surface area contributed by atoms with Crippen molar-refractivity contribution in [2.45, 2.75) is 31.5 Å². The summed E-state index contributed by atoms with van der Waals surface area (Å²) in [7, 11) is 3.96. The first-order valence-electron chi connectivity index (χ1n) is 9.25. The van der Waals surface area contributed by atoms with Crippen molar-refractivity contribution in [1.29, 1.82) is 0 Å². The van der Waals surface area contributed by atoms with Gasteiger partial charge in [-0.1, -0.05) is 25.1 Å². The first-order chi connectivity index (χ1) is 13.6. The molecule has 0 saturated heterocycles. The Morgan fingerprint density at radius 1 is 1.21 bits per heavy atom. The van der Waals surface area contributed by atoms with E-state index in [1.165, 1.54) is 11.8 Å². The molecule has 1 amide bonds. The molecule has 28 heavy (non-hydrogen) atoms. The van der Waals surface area contributed by atoms with E-state index in [1.807, 2.05) is 60.0 Å². The summed E-state index contributed by atoms with van der Waals surface area (Å²) in [6, 6.07) is 11.4. The van der Waals surface area contributed by atoms with E-state index >= 15 is 0 Å². The molecule has 3 rings (SSSR count). The predicted molar refractivity (Wildman–Crippen MR) is 113 cm³/mol. The van der Waals surface area contributed by atoms with E-state index < -0.39 is 0 Å². The van der Waals surface area contributed by atoms with E-state index in [2.05, 4.69) is 22.4 Å². The molecule has 3 aromatic rings. The summed E-state index contributed by atoms with van der Waals surface area (Å²) in [5.74, 6) is 1.56. The molecule has 0 saturated carbocycles. The molecule has 1 aromatic carbocycles. The number of hydrogen-bond acceptors (Lipinski definition) is 6. The fraction of sp³-hybridized carbons (Fsp3) is 0.350. The molecule has 0 aliphatic heterocycles. The lowest BCUT2D eigenvalue weighted by atomic mass is 10.2. The SMILES string of the molecule is CCCCn1c(SCC(=O)Nc2ccc(N(C)C)cc2)nnc1-c1ccco1. The summed E-state index contributed by atoms with van der Waals surface area (Å²) < 4.78 is 7.49. The van der Waals surface area contributed by atoms with E-state index in [4.69, 9.17) is 4.42 Å². The average Bonchev–Trinajstić information content (AvgIpc) is 3.34. The molecule has 7 nitrogen and oxygen atoms in total. The zero-order valence-corrected chi connectivity index (χ0v) is 17.2. The highest BCUT2D eigenvalue weighted by Gasteiger charge is 2.17. The normalized spacial score (nSPS) is 10.8. The van der Waals surface area contributed by atoms with Crippen molar-refractivity contribution in [3.05, 3.63) is 42.7 Å². The number of nitrogens with one attached hydrogen (secondary N) is 1. The van der Waals surface area contributed by atoms with E-state index in [9.17, 15) is 4.79 Å². The molecule has 0 bridgehead atoms. The molecule has 0 fully saturated rings. The van der Waals surface area contributed by atoms with Crippen LogP contribution in [-0.2, 0) is 11.3 Å². The number of hydrogen-bond donors (Lipinski definition) is 1. The van der Waals surface area contributed by atoms with Crippen LogP contribution in [0.1, 0.15) is 19.8 Å². The highest BCUT2D eigenvalue weighted by atomic mass is 32.2. The van der Waals surface area contributed by atoms with E-state index in [0.29, 0.717) is 11.6 Å². The van der Waals surface area contributed by atoms with Gasteiger partial charge in [0.1, 0.15) is 0 Å². The smallest absolute Gasteiger partial charge is 0.234 e. The number of rotatable bonds is 9. The van der Waals surface area contributed by atoms with Crippen LogP contribution in [0.2, 0.25) is 0 Å². The zero-order chi connectivity index (χ0) is 19.9. The first kappa shape index (κ1) is 20.0. The second-order valence-corrected chi connectivity index (χ2v) is 7.51. The fourth-order valence-corrected chi connectivity index (χ4v) is 3.44. The van der Waals surface area contributed by atoms with Crippen molar-refractivity contribution < 1.29 is 9.21 Å². The number of amides is 1. The molecular weight excluding hydrogens is 374 g/mol. The summed E-state index contributed by atoms with van der Waals surface area (Å²) >= 11 is 1.38. The van der Waals surface area contributed by atoms with Crippen LogP contribution in [-0.4, -0.2) is 40.5 Å². The van der Waals surface area contributed by atoms with Crippen LogP contribution in [0.3, 0.4) is 0 Å². The summed E-state index contributed by atoms with van der Waals surface area (Å²) in [6.45, 7) is 2.92. The van der Waals surface area contributed by atoms with Crippen LogP contribution < -0.4 is 10.2 Å². The lowest BCUT2D eigenvalue weighted by Crippen LogP contribution is -2.15. The summed E-state index contributed by atoms with van der Waals surface area (Å²) in [6.07, 6.45) is 3.68. The molecule has 148 valence electrons. The molecule has 2 heterocycles. The highest BCUT2D eigenvalue weighted by Crippen LogP contribution is 2.25. The van der Waals surface area contributed by atoms with E-state index in [0.717, 1.165) is 35.9 Å². The van der Waals surface area contributed by atoms with E-state index in [1.54, 1.807) is 6.26 Å². The summed E-state index contributed by atoms with van der Waals surface area (Å²) in [4.78, 5) is 14.4. The number of thioether (sulfide) groups is 1. The van der Waals surface area contributed by atoms with Crippen molar-refractivity contribution in [1.82, 2.24) is 14.8 Å². The van der Waals surface area contributed by atoms with Crippen LogP contribution in [0, 0.1) is 0 Å². The maximum absolute atomic E-state index is 12.3. The number of anilines is 2. The molecule has 0 atom stereocenters. The summed E-state index contributed by atoms with van der Waals surface area (Å²) in [5, 5.41) is 12.2. The van der Waals surface area contributed by atoms with Crippen LogP contribution in [0.4, 0.5) is 11.4 Å². The quantitative estimate of drug-likeness (QED) is 0.545. The summed E-state index contributed by atoms with van der Waals surface area (Å²) in [5.41, 5.74) is 1.86.